The molecule has 0 unspecified atom stereocenters. The van der Waals surface area contributed by atoms with E-state index in [1.807, 2.05) is 14.1 Å². The van der Waals surface area contributed by atoms with Crippen LogP contribution in [0.15, 0.2) is 12.1 Å². The summed E-state index contributed by atoms with van der Waals surface area (Å²) >= 11 is 0. The van der Waals surface area contributed by atoms with Crippen LogP contribution in [0.5, 0.6) is 0 Å². The summed E-state index contributed by atoms with van der Waals surface area (Å²) in [5.41, 5.74) is 4.94. The highest BCUT2D eigenvalue weighted by atomic mass is 14.9. The van der Waals surface area contributed by atoms with E-state index >= 15 is 0 Å². The summed E-state index contributed by atoms with van der Waals surface area (Å²) in [6, 6.07) is 4.31. The summed E-state index contributed by atoms with van der Waals surface area (Å²) in [5, 5.41) is 6.31. The fourth-order valence-corrected chi connectivity index (χ4v) is 1.39. The summed E-state index contributed by atoms with van der Waals surface area (Å²) in [4.78, 5) is 0. The molecule has 12 heavy (non-hydrogen) atoms. The molecular formula is C10H16N2. The van der Waals surface area contributed by atoms with Gasteiger partial charge in [0.15, 0.2) is 0 Å². The molecule has 0 spiro atoms. The third kappa shape index (κ3) is 1.52. The van der Waals surface area contributed by atoms with Crippen molar-refractivity contribution in [3.63, 3.8) is 0 Å². The third-order valence-electron chi connectivity index (χ3n) is 2.11. The van der Waals surface area contributed by atoms with Gasteiger partial charge in [-0.3, -0.25) is 0 Å². The van der Waals surface area contributed by atoms with Crippen molar-refractivity contribution in [1.82, 2.24) is 0 Å². The first kappa shape index (κ1) is 8.91. The second-order valence-electron chi connectivity index (χ2n) is 2.98. The number of aryl methyl sites for hydroxylation is 2. The van der Waals surface area contributed by atoms with Crippen LogP contribution < -0.4 is 10.6 Å². The molecule has 0 bridgehead atoms. The van der Waals surface area contributed by atoms with Crippen molar-refractivity contribution in [2.75, 3.05) is 24.7 Å². The minimum absolute atomic E-state index is 1.19. The minimum Gasteiger partial charge on any atom is -0.388 e. The summed E-state index contributed by atoms with van der Waals surface area (Å²) in [6.07, 6.45) is 0. The maximum absolute atomic E-state index is 3.16. The predicted molar refractivity (Wildman–Crippen MR) is 55.0 cm³/mol. The molecule has 66 valence electrons. The van der Waals surface area contributed by atoms with Crippen molar-refractivity contribution in [1.29, 1.82) is 0 Å². The summed E-state index contributed by atoms with van der Waals surface area (Å²) in [5.74, 6) is 0. The van der Waals surface area contributed by atoms with Crippen LogP contribution in [-0.4, -0.2) is 14.1 Å². The Morgan fingerprint density at radius 1 is 0.833 bits per heavy atom. The first-order chi connectivity index (χ1) is 5.69. The standard InChI is InChI=1S/C10H16N2/c1-7-5-8(2)10(12-4)6-9(7)11-3/h5-6,11-12H,1-4H3. The Hall–Kier alpha value is -1.18. The van der Waals surface area contributed by atoms with Crippen molar-refractivity contribution in [3.8, 4) is 0 Å². The van der Waals surface area contributed by atoms with Gasteiger partial charge in [0, 0.05) is 25.5 Å². The van der Waals surface area contributed by atoms with Gasteiger partial charge < -0.3 is 10.6 Å². The number of hydrogen-bond acceptors (Lipinski definition) is 2. The average molecular weight is 164 g/mol. The van der Waals surface area contributed by atoms with Gasteiger partial charge in [0.25, 0.3) is 0 Å². The second kappa shape index (κ2) is 3.48. The zero-order valence-electron chi connectivity index (χ0n) is 8.15. The predicted octanol–water partition coefficient (Wildman–Crippen LogP) is 2.39. The van der Waals surface area contributed by atoms with E-state index in [4.69, 9.17) is 0 Å². The Bertz CT molecular complexity index is 254. The monoisotopic (exact) mass is 164 g/mol. The van der Waals surface area contributed by atoms with Gasteiger partial charge in [-0.25, -0.2) is 0 Å². The summed E-state index contributed by atoms with van der Waals surface area (Å²) < 4.78 is 0. The van der Waals surface area contributed by atoms with E-state index < -0.39 is 0 Å². The van der Waals surface area contributed by atoms with Crippen molar-refractivity contribution in [3.05, 3.63) is 23.3 Å². The molecule has 0 aliphatic heterocycles. The average Bonchev–Trinajstić information content (AvgIpc) is 2.05. The van der Waals surface area contributed by atoms with E-state index in [2.05, 4.69) is 36.6 Å². The lowest BCUT2D eigenvalue weighted by molar-refractivity contribution is 1.33. The first-order valence-electron chi connectivity index (χ1n) is 4.15. The molecule has 0 aromatic heterocycles. The second-order valence-corrected chi connectivity index (χ2v) is 2.98. The van der Waals surface area contributed by atoms with Crippen LogP contribution >= 0.6 is 0 Å². The molecule has 0 aliphatic carbocycles. The lowest BCUT2D eigenvalue weighted by atomic mass is 10.1. The molecule has 0 atom stereocenters. The molecule has 0 radical (unpaired) electrons. The van der Waals surface area contributed by atoms with Crippen LogP contribution in [0.2, 0.25) is 0 Å². The van der Waals surface area contributed by atoms with Crippen LogP contribution in [0.25, 0.3) is 0 Å². The van der Waals surface area contributed by atoms with E-state index in [9.17, 15) is 0 Å². The van der Waals surface area contributed by atoms with Gasteiger partial charge in [0.05, 0.1) is 0 Å². The summed E-state index contributed by atoms with van der Waals surface area (Å²) in [7, 11) is 3.88. The lowest BCUT2D eigenvalue weighted by Gasteiger charge is -2.11. The normalized spacial score (nSPS) is 9.67. The van der Waals surface area contributed by atoms with Crippen molar-refractivity contribution >= 4 is 11.4 Å². The van der Waals surface area contributed by atoms with Crippen molar-refractivity contribution in [2.45, 2.75) is 13.8 Å². The molecule has 0 fully saturated rings. The molecule has 0 heterocycles. The van der Waals surface area contributed by atoms with Gasteiger partial charge in [-0.15, -0.1) is 0 Å². The fourth-order valence-electron chi connectivity index (χ4n) is 1.39. The highest BCUT2D eigenvalue weighted by Crippen LogP contribution is 2.23. The van der Waals surface area contributed by atoms with E-state index in [0.717, 1.165) is 0 Å². The first-order valence-corrected chi connectivity index (χ1v) is 4.15. The van der Waals surface area contributed by atoms with Gasteiger partial charge in [-0.2, -0.15) is 0 Å². The molecular weight excluding hydrogens is 148 g/mol. The molecule has 1 aromatic carbocycles. The maximum Gasteiger partial charge on any atom is 0.0388 e. The van der Waals surface area contributed by atoms with E-state index in [1.54, 1.807) is 0 Å². The lowest BCUT2D eigenvalue weighted by Crippen LogP contribution is -1.97. The molecule has 1 aromatic rings. The number of anilines is 2. The van der Waals surface area contributed by atoms with Gasteiger partial charge in [-0.05, 0) is 31.0 Å². The van der Waals surface area contributed by atoms with Crippen LogP contribution in [0.4, 0.5) is 11.4 Å². The maximum atomic E-state index is 3.16. The van der Waals surface area contributed by atoms with Gasteiger partial charge >= 0.3 is 0 Å². The van der Waals surface area contributed by atoms with E-state index in [0.29, 0.717) is 0 Å². The molecule has 0 saturated heterocycles. The van der Waals surface area contributed by atoms with Crippen LogP contribution in [0, 0.1) is 13.8 Å². The number of rotatable bonds is 2. The molecule has 1 rings (SSSR count). The Morgan fingerprint density at radius 3 is 1.58 bits per heavy atom. The van der Waals surface area contributed by atoms with Crippen molar-refractivity contribution < 1.29 is 0 Å². The quantitative estimate of drug-likeness (QED) is 0.701. The van der Waals surface area contributed by atoms with E-state index in [-0.39, 0.29) is 0 Å². The van der Waals surface area contributed by atoms with Gasteiger partial charge in [-0.1, -0.05) is 6.07 Å². The molecule has 2 nitrogen and oxygen atoms in total. The molecule has 2 N–H and O–H groups in total. The van der Waals surface area contributed by atoms with Crippen molar-refractivity contribution in [2.24, 2.45) is 0 Å². The number of hydrogen-bond donors (Lipinski definition) is 2. The Kier molecular flexibility index (Phi) is 2.58. The number of nitrogens with one attached hydrogen (secondary N) is 2. The van der Waals surface area contributed by atoms with Crippen LogP contribution in [-0.2, 0) is 0 Å². The largest absolute Gasteiger partial charge is 0.388 e. The Morgan fingerprint density at radius 2 is 1.25 bits per heavy atom. The smallest absolute Gasteiger partial charge is 0.0388 e. The molecule has 0 aliphatic rings. The Labute approximate surface area is 74.0 Å². The molecule has 2 heteroatoms. The van der Waals surface area contributed by atoms with Crippen LogP contribution in [0.3, 0.4) is 0 Å². The number of benzene rings is 1. The zero-order chi connectivity index (χ0) is 9.14. The minimum atomic E-state index is 1.19. The molecule has 0 saturated carbocycles. The fraction of sp³-hybridized carbons (Fsp3) is 0.400. The van der Waals surface area contributed by atoms with Crippen LogP contribution in [0.1, 0.15) is 11.1 Å². The highest BCUT2D eigenvalue weighted by molar-refractivity contribution is 5.64. The van der Waals surface area contributed by atoms with Gasteiger partial charge in [0.2, 0.25) is 0 Å². The zero-order valence-corrected chi connectivity index (χ0v) is 8.15. The highest BCUT2D eigenvalue weighted by Gasteiger charge is 2.00. The topological polar surface area (TPSA) is 24.1 Å². The third-order valence-corrected chi connectivity index (χ3v) is 2.11. The molecule has 0 amide bonds. The SMILES string of the molecule is CNc1cc(NC)c(C)cc1C. The summed E-state index contributed by atoms with van der Waals surface area (Å²) in [6.45, 7) is 4.22. The van der Waals surface area contributed by atoms with E-state index in [1.165, 1.54) is 22.5 Å². The Balaban J connectivity index is 3.18. The van der Waals surface area contributed by atoms with Gasteiger partial charge in [0.1, 0.15) is 0 Å².